The molecule has 0 aliphatic rings. The second-order valence-electron chi connectivity index (χ2n) is 6.81. The maximum absolute atomic E-state index is 12.5. The molecule has 8 heteroatoms. The minimum absolute atomic E-state index is 0.0811. The number of carbonyl (C=O) groups excluding carboxylic acids is 2. The Kier molecular flexibility index (Phi) is 7.19. The number of hydrogen-bond acceptors (Lipinski definition) is 5. The van der Waals surface area contributed by atoms with Crippen LogP contribution >= 0.6 is 0 Å². The van der Waals surface area contributed by atoms with Crippen LogP contribution in [-0.4, -0.2) is 30.0 Å². The number of ether oxygens (including phenoxy) is 1. The number of nitriles is 1. The molecule has 3 N–H and O–H groups in total. The minimum Gasteiger partial charge on any atom is -0.497 e. The van der Waals surface area contributed by atoms with Crippen LogP contribution < -0.4 is 15.4 Å². The highest BCUT2D eigenvalue weighted by molar-refractivity contribution is 6.10. The van der Waals surface area contributed by atoms with Crippen molar-refractivity contribution in [3.8, 4) is 11.8 Å². The molecule has 0 aliphatic carbocycles. The molecule has 0 aliphatic heterocycles. The number of carboxylic acid groups (broad SMARTS) is 1. The summed E-state index contributed by atoms with van der Waals surface area (Å²) in [6.45, 7) is 0. The van der Waals surface area contributed by atoms with E-state index in [2.05, 4.69) is 10.6 Å². The van der Waals surface area contributed by atoms with Gasteiger partial charge in [0.1, 0.15) is 17.4 Å². The number of amides is 2. The zero-order valence-electron chi connectivity index (χ0n) is 17.5. The Balaban J connectivity index is 1.72. The predicted octanol–water partition coefficient (Wildman–Crippen LogP) is 4.19. The lowest BCUT2D eigenvalue weighted by molar-refractivity contribution is -0.112. The molecular weight excluding hydrogens is 422 g/mol. The van der Waals surface area contributed by atoms with Crippen molar-refractivity contribution in [3.63, 3.8) is 0 Å². The highest BCUT2D eigenvalue weighted by Crippen LogP contribution is 2.18. The first-order chi connectivity index (χ1) is 15.9. The van der Waals surface area contributed by atoms with E-state index < -0.39 is 11.9 Å². The molecular formula is C25H19N3O5. The zero-order chi connectivity index (χ0) is 23.8. The Morgan fingerprint density at radius 1 is 0.909 bits per heavy atom. The number of rotatable bonds is 7. The normalized spacial score (nSPS) is 10.6. The van der Waals surface area contributed by atoms with Crippen molar-refractivity contribution in [3.05, 3.63) is 95.1 Å². The number of aromatic carboxylic acids is 1. The van der Waals surface area contributed by atoms with Crippen LogP contribution in [-0.2, 0) is 4.79 Å². The molecule has 0 saturated heterocycles. The molecule has 0 heterocycles. The van der Waals surface area contributed by atoms with E-state index in [0.29, 0.717) is 28.3 Å². The molecule has 0 fully saturated rings. The molecule has 3 aromatic rings. The van der Waals surface area contributed by atoms with Crippen LogP contribution in [0.2, 0.25) is 0 Å². The minimum atomic E-state index is -1.08. The molecule has 0 atom stereocenters. The Hall–Kier alpha value is -4.90. The molecule has 33 heavy (non-hydrogen) atoms. The number of hydrogen-bond donors (Lipinski definition) is 3. The van der Waals surface area contributed by atoms with Gasteiger partial charge in [-0.1, -0.05) is 12.1 Å². The molecule has 0 unspecified atom stereocenters. The van der Waals surface area contributed by atoms with E-state index in [1.807, 2.05) is 6.07 Å². The van der Waals surface area contributed by atoms with Crippen molar-refractivity contribution in [2.24, 2.45) is 0 Å². The monoisotopic (exact) mass is 441 g/mol. The first-order valence-corrected chi connectivity index (χ1v) is 9.71. The number of benzene rings is 3. The van der Waals surface area contributed by atoms with Crippen molar-refractivity contribution >= 4 is 35.2 Å². The number of carbonyl (C=O) groups is 3. The Morgan fingerprint density at radius 2 is 1.58 bits per heavy atom. The standard InChI is InChI=1S/C25H19N3O5/c1-33-22-11-7-17(8-12-22)23(29)28-21-4-2-3-16(14-21)13-19(15-26)24(30)27-20-9-5-18(6-10-20)25(31)32/h2-14H,1H3,(H,27,30)(H,28,29)(H,31,32)/b19-13+. The largest absolute Gasteiger partial charge is 0.497 e. The number of methoxy groups -OCH3 is 1. The topological polar surface area (TPSA) is 129 Å². The Morgan fingerprint density at radius 3 is 2.18 bits per heavy atom. The van der Waals surface area contributed by atoms with Crippen LogP contribution in [0.3, 0.4) is 0 Å². The molecule has 0 saturated carbocycles. The van der Waals surface area contributed by atoms with Gasteiger partial charge >= 0.3 is 5.97 Å². The molecule has 3 rings (SSSR count). The summed E-state index contributed by atoms with van der Waals surface area (Å²) in [4.78, 5) is 35.9. The van der Waals surface area contributed by atoms with E-state index in [-0.39, 0.29) is 17.0 Å². The van der Waals surface area contributed by atoms with Crippen LogP contribution in [0.1, 0.15) is 26.3 Å². The van der Waals surface area contributed by atoms with E-state index in [9.17, 15) is 19.6 Å². The van der Waals surface area contributed by atoms with E-state index in [0.717, 1.165) is 0 Å². The van der Waals surface area contributed by atoms with Gasteiger partial charge in [-0.3, -0.25) is 9.59 Å². The first-order valence-electron chi connectivity index (χ1n) is 9.71. The number of nitrogens with one attached hydrogen (secondary N) is 2. The van der Waals surface area contributed by atoms with Gasteiger partial charge in [-0.15, -0.1) is 0 Å². The van der Waals surface area contributed by atoms with Crippen molar-refractivity contribution in [1.29, 1.82) is 5.26 Å². The van der Waals surface area contributed by atoms with E-state index in [1.165, 1.54) is 30.3 Å². The fraction of sp³-hybridized carbons (Fsp3) is 0.0400. The van der Waals surface area contributed by atoms with Crippen molar-refractivity contribution in [1.82, 2.24) is 0 Å². The van der Waals surface area contributed by atoms with E-state index >= 15 is 0 Å². The first kappa shape index (κ1) is 22.8. The van der Waals surface area contributed by atoms with Gasteiger partial charge in [0, 0.05) is 16.9 Å². The fourth-order valence-electron chi connectivity index (χ4n) is 2.86. The van der Waals surface area contributed by atoms with E-state index in [4.69, 9.17) is 9.84 Å². The maximum Gasteiger partial charge on any atom is 0.335 e. The molecule has 0 bridgehead atoms. The average Bonchev–Trinajstić information content (AvgIpc) is 2.83. The smallest absolute Gasteiger partial charge is 0.335 e. The Bertz CT molecular complexity index is 1260. The summed E-state index contributed by atoms with van der Waals surface area (Å²) in [6, 6.07) is 20.8. The highest BCUT2D eigenvalue weighted by atomic mass is 16.5. The average molecular weight is 441 g/mol. The van der Waals surface area contributed by atoms with Crippen LogP contribution in [0, 0.1) is 11.3 Å². The summed E-state index contributed by atoms with van der Waals surface area (Å²) >= 11 is 0. The quantitative estimate of drug-likeness (QED) is 0.372. The molecule has 0 radical (unpaired) electrons. The van der Waals surface area contributed by atoms with Gasteiger partial charge in [0.15, 0.2) is 0 Å². The fourth-order valence-corrected chi connectivity index (χ4v) is 2.86. The number of anilines is 2. The summed E-state index contributed by atoms with van der Waals surface area (Å²) in [5.41, 5.74) is 1.75. The van der Waals surface area contributed by atoms with Gasteiger partial charge in [-0.05, 0) is 72.3 Å². The second kappa shape index (κ2) is 10.4. The lowest BCUT2D eigenvalue weighted by Gasteiger charge is -2.08. The number of carboxylic acids is 1. The summed E-state index contributed by atoms with van der Waals surface area (Å²) in [5, 5.41) is 23.7. The lowest BCUT2D eigenvalue weighted by atomic mass is 10.1. The molecule has 2 amide bonds. The van der Waals surface area contributed by atoms with Crippen LogP contribution in [0.4, 0.5) is 11.4 Å². The van der Waals surface area contributed by atoms with E-state index in [1.54, 1.807) is 55.6 Å². The number of nitrogens with zero attached hydrogens (tertiary/aromatic N) is 1. The van der Waals surface area contributed by atoms with Gasteiger partial charge in [-0.2, -0.15) is 5.26 Å². The third-order valence-corrected chi connectivity index (χ3v) is 4.56. The summed E-state index contributed by atoms with van der Waals surface area (Å²) in [5.74, 6) is -1.40. The van der Waals surface area contributed by atoms with Crippen LogP contribution in [0.25, 0.3) is 6.08 Å². The molecule has 8 nitrogen and oxygen atoms in total. The Labute approximate surface area is 189 Å². The molecule has 3 aromatic carbocycles. The van der Waals surface area contributed by atoms with Crippen molar-refractivity contribution in [2.75, 3.05) is 17.7 Å². The van der Waals surface area contributed by atoms with Gasteiger partial charge in [0.05, 0.1) is 12.7 Å². The molecule has 164 valence electrons. The zero-order valence-corrected chi connectivity index (χ0v) is 17.5. The molecule has 0 spiro atoms. The third kappa shape index (κ3) is 6.06. The second-order valence-corrected chi connectivity index (χ2v) is 6.81. The SMILES string of the molecule is COc1ccc(C(=O)Nc2cccc(/C=C(\C#N)C(=O)Nc3ccc(C(=O)O)cc3)c2)cc1. The third-order valence-electron chi connectivity index (χ3n) is 4.56. The van der Waals surface area contributed by atoms with Crippen LogP contribution in [0.5, 0.6) is 5.75 Å². The molecule has 0 aromatic heterocycles. The van der Waals surface area contributed by atoms with Gasteiger partial charge < -0.3 is 20.5 Å². The van der Waals surface area contributed by atoms with Gasteiger partial charge in [0.25, 0.3) is 11.8 Å². The summed E-state index contributed by atoms with van der Waals surface area (Å²) in [6.07, 6.45) is 1.39. The van der Waals surface area contributed by atoms with Crippen molar-refractivity contribution < 1.29 is 24.2 Å². The van der Waals surface area contributed by atoms with Gasteiger partial charge in [0.2, 0.25) is 0 Å². The van der Waals surface area contributed by atoms with Gasteiger partial charge in [-0.25, -0.2) is 4.79 Å². The summed E-state index contributed by atoms with van der Waals surface area (Å²) in [7, 11) is 1.54. The maximum atomic E-state index is 12.5. The predicted molar refractivity (Wildman–Crippen MR) is 123 cm³/mol. The highest BCUT2D eigenvalue weighted by Gasteiger charge is 2.11. The van der Waals surface area contributed by atoms with Crippen molar-refractivity contribution in [2.45, 2.75) is 0 Å². The summed E-state index contributed by atoms with van der Waals surface area (Å²) < 4.78 is 5.08. The van der Waals surface area contributed by atoms with Crippen LogP contribution in [0.15, 0.2) is 78.4 Å². The lowest BCUT2D eigenvalue weighted by Crippen LogP contribution is -2.13.